The molecule has 88 valence electrons. The number of nitrogens with zero attached hydrogens (tertiary/aromatic N) is 2. The summed E-state index contributed by atoms with van der Waals surface area (Å²) < 4.78 is 1.79. The van der Waals surface area contributed by atoms with Crippen LogP contribution in [0.15, 0.2) is 54.9 Å². The zero-order valence-corrected chi connectivity index (χ0v) is 9.61. The van der Waals surface area contributed by atoms with Crippen molar-refractivity contribution in [3.05, 3.63) is 66.0 Å². The molecule has 0 atom stereocenters. The second kappa shape index (κ2) is 4.07. The highest BCUT2D eigenvalue weighted by atomic mass is 16.2. The van der Waals surface area contributed by atoms with Crippen LogP contribution in [0.2, 0.25) is 0 Å². The number of aromatic nitrogens is 1. The third-order valence-electron chi connectivity index (χ3n) is 2.96. The lowest BCUT2D eigenvalue weighted by molar-refractivity contribution is -0.709. The van der Waals surface area contributed by atoms with Crippen LogP contribution in [-0.2, 0) is 6.67 Å². The van der Waals surface area contributed by atoms with E-state index in [-0.39, 0.29) is 18.5 Å². The zero-order valence-electron chi connectivity index (χ0n) is 9.61. The summed E-state index contributed by atoms with van der Waals surface area (Å²) in [5, 5.41) is 0. The van der Waals surface area contributed by atoms with Gasteiger partial charge in [0, 0.05) is 12.1 Å². The molecule has 0 saturated carbocycles. The Bertz CT molecular complexity index is 588. The highest BCUT2D eigenvalue weighted by Crippen LogP contribution is 2.21. The maximum Gasteiger partial charge on any atom is 0.266 e. The molecule has 0 N–H and O–H groups in total. The number of carbonyl (C=O) groups excluding carboxylic acids is 2. The normalized spacial score (nSPS) is 13.9. The molecule has 0 unspecified atom stereocenters. The number of fused-ring (bicyclic) bond motifs is 1. The van der Waals surface area contributed by atoms with Gasteiger partial charge >= 0.3 is 0 Å². The number of carbonyl (C=O) groups is 2. The first-order valence-corrected chi connectivity index (χ1v) is 5.66. The molecular formula is C14H11N2O2+. The van der Waals surface area contributed by atoms with Crippen molar-refractivity contribution in [2.75, 3.05) is 0 Å². The minimum absolute atomic E-state index is 0.230. The maximum absolute atomic E-state index is 12.1. The van der Waals surface area contributed by atoms with E-state index in [0.29, 0.717) is 11.1 Å². The average molecular weight is 239 g/mol. The molecule has 1 aromatic carbocycles. The molecule has 0 fully saturated rings. The monoisotopic (exact) mass is 239 g/mol. The van der Waals surface area contributed by atoms with Crippen LogP contribution in [0.4, 0.5) is 0 Å². The van der Waals surface area contributed by atoms with Crippen molar-refractivity contribution in [1.82, 2.24) is 4.90 Å². The standard InChI is InChI=1S/C14H11N2O2/c17-13-11-6-2-3-7-12(11)14(18)16(13)10-15-8-4-1-5-9-15/h1-9H,10H2/q+1. The molecule has 2 amide bonds. The minimum Gasteiger partial charge on any atom is -0.268 e. The van der Waals surface area contributed by atoms with Crippen LogP contribution in [0.5, 0.6) is 0 Å². The fourth-order valence-electron chi connectivity index (χ4n) is 2.06. The molecule has 0 spiro atoms. The lowest BCUT2D eigenvalue weighted by Gasteiger charge is -2.08. The molecular weight excluding hydrogens is 228 g/mol. The number of pyridine rings is 1. The topological polar surface area (TPSA) is 41.3 Å². The first-order chi connectivity index (χ1) is 8.77. The molecule has 18 heavy (non-hydrogen) atoms. The minimum atomic E-state index is -0.230. The number of imide groups is 1. The van der Waals surface area contributed by atoms with Gasteiger partial charge in [0.1, 0.15) is 0 Å². The zero-order chi connectivity index (χ0) is 12.5. The van der Waals surface area contributed by atoms with Gasteiger partial charge in [-0.15, -0.1) is 0 Å². The van der Waals surface area contributed by atoms with Crippen LogP contribution in [0.3, 0.4) is 0 Å². The molecule has 0 bridgehead atoms. The van der Waals surface area contributed by atoms with Crippen molar-refractivity contribution < 1.29 is 14.2 Å². The summed E-state index contributed by atoms with van der Waals surface area (Å²) in [4.78, 5) is 25.5. The van der Waals surface area contributed by atoms with E-state index in [1.807, 2.05) is 30.6 Å². The number of hydrogen-bond acceptors (Lipinski definition) is 2. The van der Waals surface area contributed by atoms with Gasteiger partial charge < -0.3 is 0 Å². The predicted molar refractivity (Wildman–Crippen MR) is 63.6 cm³/mol. The fraction of sp³-hybridized carbons (Fsp3) is 0.0714. The molecule has 4 nitrogen and oxygen atoms in total. The van der Waals surface area contributed by atoms with E-state index in [4.69, 9.17) is 0 Å². The Morgan fingerprint density at radius 3 is 1.94 bits per heavy atom. The van der Waals surface area contributed by atoms with Gasteiger partial charge in [0.2, 0.25) is 6.67 Å². The summed E-state index contributed by atoms with van der Waals surface area (Å²) in [6, 6.07) is 12.5. The summed E-state index contributed by atoms with van der Waals surface area (Å²) in [6.45, 7) is 0.243. The van der Waals surface area contributed by atoms with Crippen LogP contribution in [0, 0.1) is 0 Å². The third-order valence-corrected chi connectivity index (χ3v) is 2.96. The van der Waals surface area contributed by atoms with Gasteiger partial charge in [0.15, 0.2) is 12.4 Å². The van der Waals surface area contributed by atoms with E-state index in [1.165, 1.54) is 4.90 Å². The number of rotatable bonds is 2. The van der Waals surface area contributed by atoms with E-state index in [0.717, 1.165) is 0 Å². The first kappa shape index (κ1) is 10.7. The summed E-state index contributed by atoms with van der Waals surface area (Å²) in [5.74, 6) is -0.459. The van der Waals surface area contributed by atoms with Gasteiger partial charge in [-0.1, -0.05) is 18.2 Å². The van der Waals surface area contributed by atoms with Crippen LogP contribution in [0.1, 0.15) is 20.7 Å². The smallest absolute Gasteiger partial charge is 0.266 e. The average Bonchev–Trinajstić information content (AvgIpc) is 2.66. The van der Waals surface area contributed by atoms with E-state index in [1.54, 1.807) is 28.8 Å². The molecule has 1 aliphatic rings. The largest absolute Gasteiger partial charge is 0.268 e. The summed E-state index contributed by atoms with van der Waals surface area (Å²) in [6.07, 6.45) is 3.65. The first-order valence-electron chi connectivity index (χ1n) is 5.66. The van der Waals surface area contributed by atoms with Crippen molar-refractivity contribution in [2.24, 2.45) is 0 Å². The lowest BCUT2D eigenvalue weighted by Crippen LogP contribution is -2.45. The van der Waals surface area contributed by atoms with Gasteiger partial charge in [0.25, 0.3) is 11.8 Å². The number of hydrogen-bond donors (Lipinski definition) is 0. The molecule has 0 radical (unpaired) electrons. The Labute approximate surface area is 104 Å². The molecule has 2 heterocycles. The van der Waals surface area contributed by atoms with Crippen LogP contribution < -0.4 is 4.57 Å². The summed E-state index contributed by atoms with van der Waals surface area (Å²) in [5.41, 5.74) is 0.970. The SMILES string of the molecule is O=C1c2ccccc2C(=O)N1C[n+]1ccccc1. The third kappa shape index (κ3) is 1.59. The van der Waals surface area contributed by atoms with Crippen molar-refractivity contribution in [1.29, 1.82) is 0 Å². The molecule has 1 aromatic heterocycles. The number of amides is 2. The fourth-order valence-corrected chi connectivity index (χ4v) is 2.06. The Kier molecular flexibility index (Phi) is 2.41. The summed E-state index contributed by atoms with van der Waals surface area (Å²) in [7, 11) is 0. The Balaban J connectivity index is 1.93. The highest BCUT2D eigenvalue weighted by molar-refractivity contribution is 6.21. The van der Waals surface area contributed by atoms with Crippen molar-refractivity contribution in [2.45, 2.75) is 6.67 Å². The van der Waals surface area contributed by atoms with Crippen LogP contribution in [-0.4, -0.2) is 16.7 Å². The van der Waals surface area contributed by atoms with Gasteiger partial charge in [-0.25, -0.2) is 4.90 Å². The molecule has 2 aromatic rings. The summed E-state index contributed by atoms with van der Waals surface area (Å²) >= 11 is 0. The van der Waals surface area contributed by atoms with E-state index < -0.39 is 0 Å². The Morgan fingerprint density at radius 2 is 1.39 bits per heavy atom. The van der Waals surface area contributed by atoms with E-state index in [9.17, 15) is 9.59 Å². The van der Waals surface area contributed by atoms with Gasteiger partial charge in [-0.3, -0.25) is 9.59 Å². The van der Waals surface area contributed by atoms with Crippen LogP contribution >= 0.6 is 0 Å². The predicted octanol–water partition coefficient (Wildman–Crippen LogP) is 1.23. The van der Waals surface area contributed by atoms with Gasteiger partial charge in [0.05, 0.1) is 11.1 Å². The maximum atomic E-state index is 12.1. The van der Waals surface area contributed by atoms with Crippen molar-refractivity contribution in [3.63, 3.8) is 0 Å². The molecule has 1 aliphatic heterocycles. The second-order valence-electron chi connectivity index (χ2n) is 4.12. The van der Waals surface area contributed by atoms with Gasteiger partial charge in [-0.2, -0.15) is 4.57 Å². The van der Waals surface area contributed by atoms with Crippen molar-refractivity contribution in [3.8, 4) is 0 Å². The van der Waals surface area contributed by atoms with Crippen LogP contribution in [0.25, 0.3) is 0 Å². The molecule has 0 saturated heterocycles. The van der Waals surface area contributed by atoms with E-state index >= 15 is 0 Å². The molecule has 4 heteroatoms. The molecule has 0 aliphatic carbocycles. The van der Waals surface area contributed by atoms with E-state index in [2.05, 4.69) is 0 Å². The Hall–Kier alpha value is -2.49. The van der Waals surface area contributed by atoms with Gasteiger partial charge in [-0.05, 0) is 12.1 Å². The lowest BCUT2D eigenvalue weighted by atomic mass is 10.1. The molecule has 3 rings (SSSR count). The number of benzene rings is 1. The highest BCUT2D eigenvalue weighted by Gasteiger charge is 2.36. The Morgan fingerprint density at radius 1 is 0.833 bits per heavy atom. The van der Waals surface area contributed by atoms with Crippen molar-refractivity contribution >= 4 is 11.8 Å². The second-order valence-corrected chi connectivity index (χ2v) is 4.12. The quantitative estimate of drug-likeness (QED) is 0.584.